The average Bonchev–Trinajstić information content (AvgIpc) is 2.74. The standard InChI is InChI=1S/C20H28O/c1-12-11-20(3)13(2)4-9-18(20)17-7-5-14-10-15(21)6-8-16(14)19(12)17/h10,12,16-19H,2,4-9,11H2,1,3H3/t12-,16-,17-,18-,19+,20+/m0/s1. The summed E-state index contributed by atoms with van der Waals surface area (Å²) in [6.45, 7) is 9.39. The highest BCUT2D eigenvalue weighted by Crippen LogP contribution is 2.64. The Balaban J connectivity index is 1.70. The lowest BCUT2D eigenvalue weighted by atomic mass is 9.49. The van der Waals surface area contributed by atoms with Gasteiger partial charge in [-0.2, -0.15) is 0 Å². The van der Waals surface area contributed by atoms with Gasteiger partial charge in [0.05, 0.1) is 0 Å². The maximum atomic E-state index is 11.7. The first-order valence-electron chi connectivity index (χ1n) is 8.92. The van der Waals surface area contributed by atoms with E-state index >= 15 is 0 Å². The predicted molar refractivity (Wildman–Crippen MR) is 85.8 cm³/mol. The molecule has 114 valence electrons. The van der Waals surface area contributed by atoms with Gasteiger partial charge in [0.15, 0.2) is 5.78 Å². The van der Waals surface area contributed by atoms with Gasteiger partial charge in [0.1, 0.15) is 0 Å². The molecule has 0 N–H and O–H groups in total. The number of fused-ring (bicyclic) bond motifs is 5. The third-order valence-electron chi connectivity index (χ3n) is 7.55. The molecule has 0 heterocycles. The number of hydrogen-bond donors (Lipinski definition) is 0. The Morgan fingerprint density at radius 3 is 2.81 bits per heavy atom. The Morgan fingerprint density at radius 1 is 1.19 bits per heavy atom. The van der Waals surface area contributed by atoms with E-state index in [-0.39, 0.29) is 0 Å². The van der Waals surface area contributed by atoms with Crippen molar-refractivity contribution in [1.82, 2.24) is 0 Å². The van der Waals surface area contributed by atoms with E-state index in [1.165, 1.54) is 43.3 Å². The number of hydrogen-bond acceptors (Lipinski definition) is 1. The van der Waals surface area contributed by atoms with Crippen LogP contribution in [0.3, 0.4) is 0 Å². The third kappa shape index (κ3) is 1.85. The van der Waals surface area contributed by atoms with Crippen LogP contribution in [0, 0.1) is 35.0 Å². The number of allylic oxidation sites excluding steroid dienone is 2. The molecule has 0 unspecified atom stereocenters. The van der Waals surface area contributed by atoms with Crippen LogP contribution in [0.25, 0.3) is 0 Å². The van der Waals surface area contributed by atoms with Crippen molar-refractivity contribution in [2.75, 3.05) is 0 Å². The summed E-state index contributed by atoms with van der Waals surface area (Å²) in [4.78, 5) is 11.7. The smallest absolute Gasteiger partial charge is 0.155 e. The van der Waals surface area contributed by atoms with Crippen LogP contribution in [0.15, 0.2) is 23.8 Å². The van der Waals surface area contributed by atoms with Crippen molar-refractivity contribution in [1.29, 1.82) is 0 Å². The Bertz CT molecular complexity index is 528. The summed E-state index contributed by atoms with van der Waals surface area (Å²) < 4.78 is 0. The van der Waals surface area contributed by atoms with Crippen molar-refractivity contribution in [2.45, 2.75) is 58.8 Å². The Kier molecular flexibility index (Phi) is 3.00. The van der Waals surface area contributed by atoms with Gasteiger partial charge in [0.25, 0.3) is 0 Å². The zero-order valence-corrected chi connectivity index (χ0v) is 13.5. The van der Waals surface area contributed by atoms with Crippen molar-refractivity contribution >= 4 is 5.78 Å². The zero-order valence-electron chi connectivity index (χ0n) is 13.5. The number of ketones is 1. The summed E-state index contributed by atoms with van der Waals surface area (Å²) in [6, 6.07) is 0. The summed E-state index contributed by atoms with van der Waals surface area (Å²) in [7, 11) is 0. The highest BCUT2D eigenvalue weighted by atomic mass is 16.1. The second-order valence-corrected chi connectivity index (χ2v) is 8.46. The lowest BCUT2D eigenvalue weighted by Crippen LogP contribution is -2.48. The van der Waals surface area contributed by atoms with E-state index < -0.39 is 0 Å². The molecule has 0 spiro atoms. The molecule has 0 saturated heterocycles. The van der Waals surface area contributed by atoms with Gasteiger partial charge in [-0.25, -0.2) is 0 Å². The maximum Gasteiger partial charge on any atom is 0.155 e. The molecule has 0 aromatic carbocycles. The minimum absolute atomic E-state index is 0.377. The Labute approximate surface area is 128 Å². The number of carbonyl (C=O) groups is 1. The van der Waals surface area contributed by atoms with Crippen molar-refractivity contribution in [2.24, 2.45) is 35.0 Å². The highest BCUT2D eigenvalue weighted by Gasteiger charge is 2.56. The van der Waals surface area contributed by atoms with Crippen molar-refractivity contribution in [3.05, 3.63) is 23.8 Å². The van der Waals surface area contributed by atoms with Gasteiger partial charge in [-0.1, -0.05) is 31.6 Å². The second kappa shape index (κ2) is 4.57. The monoisotopic (exact) mass is 284 g/mol. The summed E-state index contributed by atoms with van der Waals surface area (Å²) in [6.07, 6.45) is 10.4. The van der Waals surface area contributed by atoms with Gasteiger partial charge < -0.3 is 0 Å². The Morgan fingerprint density at radius 2 is 2.00 bits per heavy atom. The van der Waals surface area contributed by atoms with Crippen LogP contribution in [0.4, 0.5) is 0 Å². The molecule has 0 radical (unpaired) electrons. The molecule has 1 nitrogen and oxygen atoms in total. The fourth-order valence-corrected chi connectivity index (χ4v) is 6.66. The summed E-state index contributed by atoms with van der Waals surface area (Å²) in [5.74, 6) is 4.46. The van der Waals surface area contributed by atoms with E-state index in [4.69, 9.17) is 0 Å². The first-order valence-corrected chi connectivity index (χ1v) is 8.92. The van der Waals surface area contributed by atoms with E-state index in [0.29, 0.717) is 11.2 Å². The molecule has 0 aliphatic heterocycles. The molecule has 1 heteroatoms. The van der Waals surface area contributed by atoms with E-state index in [2.05, 4.69) is 20.4 Å². The number of rotatable bonds is 0. The molecule has 3 saturated carbocycles. The van der Waals surface area contributed by atoms with Gasteiger partial charge in [0, 0.05) is 6.42 Å². The quantitative estimate of drug-likeness (QED) is 0.576. The normalized spacial score (nSPS) is 49.2. The minimum atomic E-state index is 0.377. The average molecular weight is 284 g/mol. The van der Waals surface area contributed by atoms with Gasteiger partial charge in [0.2, 0.25) is 0 Å². The summed E-state index contributed by atoms with van der Waals surface area (Å²) in [5, 5.41) is 0. The van der Waals surface area contributed by atoms with Gasteiger partial charge in [-0.3, -0.25) is 4.79 Å². The molecule has 0 bridgehead atoms. The van der Waals surface area contributed by atoms with Crippen molar-refractivity contribution in [3.8, 4) is 0 Å². The van der Waals surface area contributed by atoms with E-state index in [9.17, 15) is 4.79 Å². The first kappa shape index (κ1) is 13.8. The van der Waals surface area contributed by atoms with Crippen LogP contribution in [-0.2, 0) is 4.79 Å². The second-order valence-electron chi connectivity index (χ2n) is 8.46. The van der Waals surface area contributed by atoms with Gasteiger partial charge >= 0.3 is 0 Å². The molecule has 6 atom stereocenters. The van der Waals surface area contributed by atoms with Gasteiger partial charge in [-0.15, -0.1) is 0 Å². The van der Waals surface area contributed by atoms with E-state index in [0.717, 1.165) is 42.4 Å². The van der Waals surface area contributed by atoms with Crippen LogP contribution in [0.5, 0.6) is 0 Å². The van der Waals surface area contributed by atoms with Crippen molar-refractivity contribution in [3.63, 3.8) is 0 Å². The van der Waals surface area contributed by atoms with Gasteiger partial charge in [-0.05, 0) is 79.6 Å². The van der Waals surface area contributed by atoms with Crippen LogP contribution in [-0.4, -0.2) is 5.78 Å². The molecule has 4 aliphatic carbocycles. The molecule has 0 aromatic heterocycles. The summed E-state index contributed by atoms with van der Waals surface area (Å²) in [5.41, 5.74) is 3.43. The molecule has 3 fully saturated rings. The van der Waals surface area contributed by atoms with Crippen LogP contribution >= 0.6 is 0 Å². The van der Waals surface area contributed by atoms with Crippen LogP contribution in [0.1, 0.15) is 58.8 Å². The lowest BCUT2D eigenvalue weighted by molar-refractivity contribution is -0.116. The fourth-order valence-electron chi connectivity index (χ4n) is 6.66. The van der Waals surface area contributed by atoms with Crippen LogP contribution < -0.4 is 0 Å². The predicted octanol–water partition coefficient (Wildman–Crippen LogP) is 4.93. The van der Waals surface area contributed by atoms with E-state index in [1.54, 1.807) is 0 Å². The van der Waals surface area contributed by atoms with Crippen molar-refractivity contribution < 1.29 is 4.79 Å². The molecule has 4 aliphatic rings. The molecule has 0 aromatic rings. The summed E-state index contributed by atoms with van der Waals surface area (Å²) >= 11 is 0. The number of carbonyl (C=O) groups excluding carboxylic acids is 1. The van der Waals surface area contributed by atoms with Crippen LogP contribution in [0.2, 0.25) is 0 Å². The minimum Gasteiger partial charge on any atom is -0.295 e. The fraction of sp³-hybridized carbons (Fsp3) is 0.750. The molecule has 4 rings (SSSR count). The first-order chi connectivity index (χ1) is 10.0. The highest BCUT2D eigenvalue weighted by molar-refractivity contribution is 5.91. The topological polar surface area (TPSA) is 17.1 Å². The SMILES string of the molecule is C=C1CC[C@H]2[C@@H]3CCC4=CC(=O)CC[C@@H]4[C@H]3[C@@H](C)C[C@]12C. The largest absolute Gasteiger partial charge is 0.295 e. The third-order valence-corrected chi connectivity index (χ3v) is 7.55. The molecular weight excluding hydrogens is 256 g/mol. The maximum absolute atomic E-state index is 11.7. The van der Waals surface area contributed by atoms with E-state index in [1.807, 2.05) is 6.08 Å². The Hall–Kier alpha value is -0.850. The lowest BCUT2D eigenvalue weighted by Gasteiger charge is -2.55. The molecule has 21 heavy (non-hydrogen) atoms. The molecule has 0 amide bonds. The zero-order chi connectivity index (χ0) is 14.8. The molecular formula is C20H28O.